The van der Waals surface area contributed by atoms with Gasteiger partial charge in [-0.25, -0.2) is 9.67 Å². The number of hydrogen-bond donors (Lipinski definition) is 1. The summed E-state index contributed by atoms with van der Waals surface area (Å²) < 4.78 is 2.12. The van der Waals surface area contributed by atoms with Crippen molar-refractivity contribution in [2.45, 2.75) is 51.6 Å². The summed E-state index contributed by atoms with van der Waals surface area (Å²) in [4.78, 5) is 4.66. The van der Waals surface area contributed by atoms with Crippen LogP contribution >= 0.6 is 0 Å². The number of aryl methyl sites for hydroxylation is 1. The Kier molecular flexibility index (Phi) is 2.67. The fraction of sp³-hybridized carbons (Fsp3) is 0.833. The second-order valence-electron chi connectivity index (χ2n) is 5.27. The Morgan fingerprint density at radius 3 is 3.19 bits per heavy atom. The standard InChI is InChI=1S/C12H20N4/c1-9-4-5-12-14-11(15-16(12)8-9)7-10-3-2-6-13-10/h9-10,13H,2-8H2,1H3. The van der Waals surface area contributed by atoms with Crippen LogP contribution in [0.2, 0.25) is 0 Å². The van der Waals surface area contributed by atoms with Crippen molar-refractivity contribution < 1.29 is 0 Å². The van der Waals surface area contributed by atoms with E-state index in [9.17, 15) is 0 Å². The average Bonchev–Trinajstić information content (AvgIpc) is 2.86. The smallest absolute Gasteiger partial charge is 0.152 e. The van der Waals surface area contributed by atoms with Gasteiger partial charge in [0.05, 0.1) is 0 Å². The zero-order valence-corrected chi connectivity index (χ0v) is 9.95. The van der Waals surface area contributed by atoms with Gasteiger partial charge in [0, 0.05) is 25.4 Å². The lowest BCUT2D eigenvalue weighted by atomic mass is 10.0. The van der Waals surface area contributed by atoms with Gasteiger partial charge in [0.25, 0.3) is 0 Å². The highest BCUT2D eigenvalue weighted by Gasteiger charge is 2.21. The van der Waals surface area contributed by atoms with Gasteiger partial charge in [-0.2, -0.15) is 5.10 Å². The van der Waals surface area contributed by atoms with Gasteiger partial charge >= 0.3 is 0 Å². The van der Waals surface area contributed by atoms with Crippen molar-refractivity contribution >= 4 is 0 Å². The summed E-state index contributed by atoms with van der Waals surface area (Å²) in [6, 6.07) is 0.613. The Morgan fingerprint density at radius 2 is 2.38 bits per heavy atom. The number of hydrogen-bond acceptors (Lipinski definition) is 3. The third kappa shape index (κ3) is 1.98. The van der Waals surface area contributed by atoms with Gasteiger partial charge < -0.3 is 5.32 Å². The largest absolute Gasteiger partial charge is 0.314 e. The highest BCUT2D eigenvalue weighted by molar-refractivity contribution is 4.99. The molecular formula is C12H20N4. The molecule has 2 aliphatic heterocycles. The summed E-state index contributed by atoms with van der Waals surface area (Å²) in [6.07, 6.45) is 5.95. The normalized spacial score (nSPS) is 29.3. The summed E-state index contributed by atoms with van der Waals surface area (Å²) in [5.41, 5.74) is 0. The van der Waals surface area contributed by atoms with Crippen LogP contribution < -0.4 is 5.32 Å². The highest BCUT2D eigenvalue weighted by Crippen LogP contribution is 2.18. The van der Waals surface area contributed by atoms with E-state index in [1.807, 2.05) is 0 Å². The second kappa shape index (κ2) is 4.17. The predicted molar refractivity (Wildman–Crippen MR) is 62.2 cm³/mol. The van der Waals surface area contributed by atoms with Gasteiger partial charge in [0.1, 0.15) is 5.82 Å². The van der Waals surface area contributed by atoms with Crippen LogP contribution in [0, 0.1) is 5.92 Å². The quantitative estimate of drug-likeness (QED) is 0.813. The lowest BCUT2D eigenvalue weighted by Crippen LogP contribution is -2.24. The molecule has 0 bridgehead atoms. The first-order chi connectivity index (χ1) is 7.81. The Bertz CT molecular complexity index is 365. The summed E-state index contributed by atoms with van der Waals surface area (Å²) in [7, 11) is 0. The van der Waals surface area contributed by atoms with Crippen molar-refractivity contribution in [2.75, 3.05) is 6.54 Å². The molecule has 3 rings (SSSR count). The molecule has 0 spiro atoms. The van der Waals surface area contributed by atoms with Crippen molar-refractivity contribution in [3.05, 3.63) is 11.6 Å². The van der Waals surface area contributed by atoms with Crippen molar-refractivity contribution in [3.8, 4) is 0 Å². The maximum absolute atomic E-state index is 4.66. The molecular weight excluding hydrogens is 200 g/mol. The van der Waals surface area contributed by atoms with Gasteiger partial charge in [-0.15, -0.1) is 0 Å². The molecule has 0 aliphatic carbocycles. The lowest BCUT2D eigenvalue weighted by Gasteiger charge is -2.17. The zero-order valence-electron chi connectivity index (χ0n) is 9.95. The summed E-state index contributed by atoms with van der Waals surface area (Å²) in [5.74, 6) is 3.00. The number of rotatable bonds is 2. The Morgan fingerprint density at radius 1 is 1.44 bits per heavy atom. The van der Waals surface area contributed by atoms with Crippen LogP contribution in [0.3, 0.4) is 0 Å². The van der Waals surface area contributed by atoms with Crippen LogP contribution in [0.1, 0.15) is 37.8 Å². The van der Waals surface area contributed by atoms with Crippen LogP contribution in [0.5, 0.6) is 0 Å². The monoisotopic (exact) mass is 220 g/mol. The van der Waals surface area contributed by atoms with Crippen molar-refractivity contribution in [2.24, 2.45) is 5.92 Å². The highest BCUT2D eigenvalue weighted by atomic mass is 15.4. The molecule has 4 heteroatoms. The molecule has 1 fully saturated rings. The van der Waals surface area contributed by atoms with Crippen LogP contribution in [-0.4, -0.2) is 27.4 Å². The molecule has 4 nitrogen and oxygen atoms in total. The topological polar surface area (TPSA) is 42.7 Å². The van der Waals surface area contributed by atoms with Gasteiger partial charge in [-0.1, -0.05) is 6.92 Å². The van der Waals surface area contributed by atoms with Gasteiger partial charge in [0.15, 0.2) is 5.82 Å². The molecule has 2 unspecified atom stereocenters. The molecule has 16 heavy (non-hydrogen) atoms. The van der Waals surface area contributed by atoms with E-state index in [1.165, 1.54) is 25.1 Å². The van der Waals surface area contributed by atoms with Crippen LogP contribution in [-0.2, 0) is 19.4 Å². The van der Waals surface area contributed by atoms with E-state index in [-0.39, 0.29) is 0 Å². The van der Waals surface area contributed by atoms with Crippen molar-refractivity contribution in [1.82, 2.24) is 20.1 Å². The molecule has 0 amide bonds. The first kappa shape index (κ1) is 10.3. The Hall–Kier alpha value is -0.900. The number of nitrogens with zero attached hydrogens (tertiary/aromatic N) is 3. The molecule has 2 atom stereocenters. The molecule has 88 valence electrons. The third-order valence-electron chi connectivity index (χ3n) is 3.73. The number of nitrogens with one attached hydrogen (secondary N) is 1. The first-order valence-corrected chi connectivity index (χ1v) is 6.47. The van der Waals surface area contributed by atoms with Crippen molar-refractivity contribution in [3.63, 3.8) is 0 Å². The van der Waals surface area contributed by atoms with Crippen molar-refractivity contribution in [1.29, 1.82) is 0 Å². The third-order valence-corrected chi connectivity index (χ3v) is 3.73. The molecule has 1 aromatic heterocycles. The Labute approximate surface area is 96.4 Å². The average molecular weight is 220 g/mol. The van der Waals surface area contributed by atoms with Crippen LogP contribution in [0.25, 0.3) is 0 Å². The minimum Gasteiger partial charge on any atom is -0.314 e. The van der Waals surface area contributed by atoms with E-state index in [0.29, 0.717) is 6.04 Å². The van der Waals surface area contributed by atoms with Gasteiger partial charge in [-0.3, -0.25) is 0 Å². The SMILES string of the molecule is CC1CCc2nc(CC3CCCN3)nn2C1. The summed E-state index contributed by atoms with van der Waals surface area (Å²) in [6.45, 7) is 4.51. The Balaban J connectivity index is 1.71. The molecule has 0 saturated carbocycles. The molecule has 1 aromatic rings. The predicted octanol–water partition coefficient (Wildman–Crippen LogP) is 1.15. The summed E-state index contributed by atoms with van der Waals surface area (Å²) in [5, 5.41) is 8.14. The first-order valence-electron chi connectivity index (χ1n) is 6.47. The van der Waals surface area contributed by atoms with E-state index >= 15 is 0 Å². The lowest BCUT2D eigenvalue weighted by molar-refractivity contribution is 0.367. The van der Waals surface area contributed by atoms with E-state index in [0.717, 1.165) is 37.7 Å². The maximum Gasteiger partial charge on any atom is 0.152 e. The molecule has 1 N–H and O–H groups in total. The number of fused-ring (bicyclic) bond motifs is 1. The fourth-order valence-electron chi connectivity index (χ4n) is 2.76. The maximum atomic E-state index is 4.66. The van der Waals surface area contributed by atoms with E-state index in [2.05, 4.69) is 27.0 Å². The van der Waals surface area contributed by atoms with Gasteiger partial charge in [0.2, 0.25) is 0 Å². The summed E-state index contributed by atoms with van der Waals surface area (Å²) >= 11 is 0. The minimum atomic E-state index is 0.613. The van der Waals surface area contributed by atoms with Gasteiger partial charge in [-0.05, 0) is 31.7 Å². The molecule has 3 heterocycles. The van der Waals surface area contributed by atoms with E-state index in [4.69, 9.17) is 0 Å². The molecule has 1 saturated heterocycles. The number of aromatic nitrogens is 3. The molecule has 0 radical (unpaired) electrons. The van der Waals surface area contributed by atoms with Crippen LogP contribution in [0.4, 0.5) is 0 Å². The van der Waals surface area contributed by atoms with E-state index < -0.39 is 0 Å². The van der Waals surface area contributed by atoms with Crippen LogP contribution in [0.15, 0.2) is 0 Å². The molecule has 0 aromatic carbocycles. The second-order valence-corrected chi connectivity index (χ2v) is 5.27. The zero-order chi connectivity index (χ0) is 11.0. The fourth-order valence-corrected chi connectivity index (χ4v) is 2.76. The van der Waals surface area contributed by atoms with E-state index in [1.54, 1.807) is 0 Å². The minimum absolute atomic E-state index is 0.613. The molecule has 2 aliphatic rings.